The van der Waals surface area contributed by atoms with Crippen molar-refractivity contribution in [1.29, 1.82) is 0 Å². The van der Waals surface area contributed by atoms with E-state index in [-0.39, 0.29) is 0 Å². The van der Waals surface area contributed by atoms with Crippen molar-refractivity contribution < 1.29 is 0 Å². The first-order valence-electron chi connectivity index (χ1n) is 9.25. The van der Waals surface area contributed by atoms with Gasteiger partial charge in [0.05, 0.1) is 13.1 Å². The maximum absolute atomic E-state index is 4.73. The van der Waals surface area contributed by atoms with E-state index < -0.39 is 0 Å². The standard InChI is InChI=1S/C19H28N6/c1-3-4-11-20-19(21-13-16-9-7-15(2)8-10-16)22-14-18-24-23-17-6-5-12-25(17)18/h7-10H,3-6,11-14H2,1-2H3,(H2,20,21,22). The summed E-state index contributed by atoms with van der Waals surface area (Å²) in [6.07, 6.45) is 4.50. The highest BCUT2D eigenvalue weighted by molar-refractivity contribution is 5.79. The second-order valence-electron chi connectivity index (χ2n) is 6.57. The van der Waals surface area contributed by atoms with E-state index in [4.69, 9.17) is 4.99 Å². The van der Waals surface area contributed by atoms with Crippen LogP contribution in [-0.4, -0.2) is 27.3 Å². The molecule has 25 heavy (non-hydrogen) atoms. The molecule has 0 unspecified atom stereocenters. The Morgan fingerprint density at radius 1 is 1.20 bits per heavy atom. The monoisotopic (exact) mass is 340 g/mol. The Kier molecular flexibility index (Phi) is 6.04. The van der Waals surface area contributed by atoms with Gasteiger partial charge in [0.15, 0.2) is 11.8 Å². The van der Waals surface area contributed by atoms with Crippen LogP contribution < -0.4 is 10.6 Å². The molecule has 0 saturated heterocycles. The number of benzene rings is 1. The summed E-state index contributed by atoms with van der Waals surface area (Å²) in [6.45, 7) is 7.56. The van der Waals surface area contributed by atoms with Gasteiger partial charge in [-0.1, -0.05) is 43.2 Å². The van der Waals surface area contributed by atoms with Gasteiger partial charge < -0.3 is 15.2 Å². The van der Waals surface area contributed by atoms with Gasteiger partial charge in [0.25, 0.3) is 0 Å². The van der Waals surface area contributed by atoms with Crippen LogP contribution in [0, 0.1) is 6.92 Å². The molecule has 0 atom stereocenters. The fraction of sp³-hybridized carbons (Fsp3) is 0.526. The molecule has 2 aromatic rings. The highest BCUT2D eigenvalue weighted by atomic mass is 15.3. The lowest BCUT2D eigenvalue weighted by Crippen LogP contribution is -2.38. The summed E-state index contributed by atoms with van der Waals surface area (Å²) in [5.74, 6) is 2.94. The molecule has 6 nitrogen and oxygen atoms in total. The number of unbranched alkanes of at least 4 members (excludes halogenated alkanes) is 1. The SMILES string of the molecule is CCCCNC(=NCc1ccc(C)cc1)NCc1nnc2n1CCC2. The molecule has 0 fully saturated rings. The first kappa shape index (κ1) is 17.5. The van der Waals surface area contributed by atoms with Crippen LogP contribution in [0.5, 0.6) is 0 Å². The maximum atomic E-state index is 4.73. The van der Waals surface area contributed by atoms with E-state index in [1.54, 1.807) is 0 Å². The summed E-state index contributed by atoms with van der Waals surface area (Å²) in [6, 6.07) is 8.52. The van der Waals surface area contributed by atoms with Gasteiger partial charge in [0.2, 0.25) is 0 Å². The Morgan fingerprint density at radius 3 is 2.84 bits per heavy atom. The predicted molar refractivity (Wildman–Crippen MR) is 100 cm³/mol. The van der Waals surface area contributed by atoms with Gasteiger partial charge in [-0.25, -0.2) is 4.99 Å². The number of hydrogen-bond acceptors (Lipinski definition) is 3. The average molecular weight is 340 g/mol. The Balaban J connectivity index is 1.61. The van der Waals surface area contributed by atoms with Crippen LogP contribution in [0.1, 0.15) is 49.0 Å². The van der Waals surface area contributed by atoms with Gasteiger partial charge in [-0.2, -0.15) is 0 Å². The zero-order valence-electron chi connectivity index (χ0n) is 15.3. The molecule has 0 spiro atoms. The van der Waals surface area contributed by atoms with Crippen LogP contribution in [0.3, 0.4) is 0 Å². The highest BCUT2D eigenvalue weighted by Gasteiger charge is 2.17. The van der Waals surface area contributed by atoms with Gasteiger partial charge >= 0.3 is 0 Å². The van der Waals surface area contributed by atoms with E-state index in [0.29, 0.717) is 13.1 Å². The minimum atomic E-state index is 0.652. The summed E-state index contributed by atoms with van der Waals surface area (Å²) in [4.78, 5) is 4.73. The molecule has 6 heteroatoms. The average Bonchev–Trinajstić information content (AvgIpc) is 3.22. The molecular weight excluding hydrogens is 312 g/mol. The van der Waals surface area contributed by atoms with Crippen molar-refractivity contribution >= 4 is 5.96 Å². The van der Waals surface area contributed by atoms with Crippen molar-refractivity contribution in [2.24, 2.45) is 4.99 Å². The zero-order chi connectivity index (χ0) is 17.5. The number of nitrogens with one attached hydrogen (secondary N) is 2. The van der Waals surface area contributed by atoms with E-state index in [9.17, 15) is 0 Å². The molecule has 3 rings (SSSR count). The van der Waals surface area contributed by atoms with Crippen molar-refractivity contribution in [3.05, 3.63) is 47.0 Å². The molecule has 134 valence electrons. The van der Waals surface area contributed by atoms with E-state index in [0.717, 1.165) is 50.0 Å². The normalized spacial score (nSPS) is 13.8. The quantitative estimate of drug-likeness (QED) is 0.462. The number of aliphatic imine (C=N–C) groups is 1. The number of aryl methyl sites for hydroxylation is 2. The van der Waals surface area contributed by atoms with Crippen molar-refractivity contribution in [3.63, 3.8) is 0 Å². The third-order valence-electron chi connectivity index (χ3n) is 4.46. The molecular formula is C19H28N6. The van der Waals surface area contributed by atoms with E-state index in [1.165, 1.54) is 17.5 Å². The minimum absolute atomic E-state index is 0.652. The summed E-state index contributed by atoms with van der Waals surface area (Å²) in [5.41, 5.74) is 2.48. The lowest BCUT2D eigenvalue weighted by molar-refractivity contribution is 0.657. The number of aromatic nitrogens is 3. The number of fused-ring (bicyclic) bond motifs is 1. The second-order valence-corrected chi connectivity index (χ2v) is 6.57. The van der Waals surface area contributed by atoms with Crippen molar-refractivity contribution in [2.45, 2.75) is 59.2 Å². The lowest BCUT2D eigenvalue weighted by Gasteiger charge is -2.12. The van der Waals surface area contributed by atoms with E-state index in [1.807, 2.05) is 0 Å². The fourth-order valence-corrected chi connectivity index (χ4v) is 2.93. The van der Waals surface area contributed by atoms with Crippen molar-refractivity contribution in [1.82, 2.24) is 25.4 Å². The summed E-state index contributed by atoms with van der Waals surface area (Å²) in [7, 11) is 0. The first-order chi connectivity index (χ1) is 12.3. The van der Waals surface area contributed by atoms with E-state index >= 15 is 0 Å². The van der Waals surface area contributed by atoms with Gasteiger partial charge in [-0.15, -0.1) is 10.2 Å². The third-order valence-corrected chi connectivity index (χ3v) is 4.46. The van der Waals surface area contributed by atoms with Crippen LogP contribution in [0.4, 0.5) is 0 Å². The highest BCUT2D eigenvalue weighted by Crippen LogP contribution is 2.13. The van der Waals surface area contributed by atoms with Crippen LogP contribution in [0.2, 0.25) is 0 Å². The smallest absolute Gasteiger partial charge is 0.191 e. The molecule has 0 saturated carbocycles. The van der Waals surface area contributed by atoms with Crippen LogP contribution in [0.25, 0.3) is 0 Å². The zero-order valence-corrected chi connectivity index (χ0v) is 15.3. The van der Waals surface area contributed by atoms with Crippen LogP contribution in [-0.2, 0) is 26.1 Å². The van der Waals surface area contributed by atoms with Gasteiger partial charge in [0.1, 0.15) is 5.82 Å². The molecule has 2 heterocycles. The molecule has 2 N–H and O–H groups in total. The van der Waals surface area contributed by atoms with Crippen molar-refractivity contribution in [2.75, 3.05) is 6.54 Å². The lowest BCUT2D eigenvalue weighted by atomic mass is 10.1. The van der Waals surface area contributed by atoms with Gasteiger partial charge in [0, 0.05) is 19.5 Å². The largest absolute Gasteiger partial charge is 0.356 e. The Morgan fingerprint density at radius 2 is 2.04 bits per heavy atom. The number of guanidine groups is 1. The molecule has 1 aromatic carbocycles. The third kappa shape index (κ3) is 4.81. The second kappa shape index (κ2) is 8.65. The predicted octanol–water partition coefficient (Wildman–Crippen LogP) is 2.57. The molecule has 1 aromatic heterocycles. The Bertz CT molecular complexity index is 701. The van der Waals surface area contributed by atoms with Gasteiger partial charge in [-0.05, 0) is 25.3 Å². The maximum Gasteiger partial charge on any atom is 0.191 e. The Hall–Kier alpha value is -2.37. The van der Waals surface area contributed by atoms with Crippen LogP contribution in [0.15, 0.2) is 29.3 Å². The molecule has 0 radical (unpaired) electrons. The topological polar surface area (TPSA) is 67.1 Å². The Labute approximate surface area is 149 Å². The van der Waals surface area contributed by atoms with Crippen LogP contribution >= 0.6 is 0 Å². The molecule has 1 aliphatic rings. The molecule has 0 aliphatic carbocycles. The molecule has 1 aliphatic heterocycles. The minimum Gasteiger partial charge on any atom is -0.356 e. The first-order valence-corrected chi connectivity index (χ1v) is 9.25. The molecule has 0 bridgehead atoms. The summed E-state index contributed by atoms with van der Waals surface area (Å²) < 4.78 is 2.22. The summed E-state index contributed by atoms with van der Waals surface area (Å²) in [5, 5.41) is 15.4. The number of rotatable bonds is 7. The molecule has 0 amide bonds. The van der Waals surface area contributed by atoms with E-state index in [2.05, 4.69) is 63.5 Å². The van der Waals surface area contributed by atoms with Crippen molar-refractivity contribution in [3.8, 4) is 0 Å². The number of nitrogens with zero attached hydrogens (tertiary/aromatic N) is 4. The van der Waals surface area contributed by atoms with Gasteiger partial charge in [-0.3, -0.25) is 0 Å². The number of hydrogen-bond donors (Lipinski definition) is 2. The fourth-order valence-electron chi connectivity index (χ4n) is 2.93. The summed E-state index contributed by atoms with van der Waals surface area (Å²) >= 11 is 0.